The van der Waals surface area contributed by atoms with Crippen molar-refractivity contribution >= 4 is 21.6 Å². The van der Waals surface area contributed by atoms with Crippen molar-refractivity contribution in [3.05, 3.63) is 41.4 Å². The SMILES string of the molecule is CC1(C)C=C(CSSc2ccncc2)C(C)(C)N1[O-]. The maximum Gasteiger partial charge on any atom is 0.0279 e. The number of rotatable bonds is 4. The van der Waals surface area contributed by atoms with Crippen LogP contribution in [0.5, 0.6) is 0 Å². The zero-order chi connectivity index (χ0) is 14.1. The monoisotopic (exact) mass is 295 g/mol. The maximum atomic E-state index is 12.2. The first-order valence-corrected chi connectivity index (χ1v) is 8.55. The van der Waals surface area contributed by atoms with Gasteiger partial charge < -0.3 is 10.3 Å². The summed E-state index contributed by atoms with van der Waals surface area (Å²) in [6, 6.07) is 3.99. The van der Waals surface area contributed by atoms with Crippen molar-refractivity contribution in [2.75, 3.05) is 5.75 Å². The van der Waals surface area contributed by atoms with Gasteiger partial charge >= 0.3 is 0 Å². The molecule has 1 aliphatic rings. The van der Waals surface area contributed by atoms with Gasteiger partial charge in [0.1, 0.15) is 0 Å². The van der Waals surface area contributed by atoms with E-state index in [9.17, 15) is 5.21 Å². The van der Waals surface area contributed by atoms with Crippen molar-refractivity contribution in [1.29, 1.82) is 0 Å². The van der Waals surface area contributed by atoms with E-state index < -0.39 is 11.1 Å². The molecule has 0 aromatic carbocycles. The average Bonchev–Trinajstić information content (AvgIpc) is 2.51. The Hall–Kier alpha value is -0.490. The van der Waals surface area contributed by atoms with Gasteiger partial charge in [0.15, 0.2) is 0 Å². The lowest BCUT2D eigenvalue weighted by Gasteiger charge is -2.47. The number of aromatic nitrogens is 1. The van der Waals surface area contributed by atoms with E-state index in [1.165, 1.54) is 15.5 Å². The fourth-order valence-electron chi connectivity index (χ4n) is 2.29. The molecular weight excluding hydrogens is 276 g/mol. The highest BCUT2D eigenvalue weighted by Gasteiger charge is 2.39. The van der Waals surface area contributed by atoms with E-state index in [2.05, 4.69) is 11.1 Å². The largest absolute Gasteiger partial charge is 0.784 e. The van der Waals surface area contributed by atoms with Crippen molar-refractivity contribution in [1.82, 2.24) is 10.0 Å². The van der Waals surface area contributed by atoms with Crippen LogP contribution < -0.4 is 0 Å². The molecule has 0 unspecified atom stereocenters. The third-order valence-corrected chi connectivity index (χ3v) is 5.66. The maximum absolute atomic E-state index is 12.2. The number of hydrogen-bond acceptors (Lipinski definition) is 5. The highest BCUT2D eigenvalue weighted by Crippen LogP contribution is 2.42. The molecule has 0 N–H and O–H groups in total. The molecule has 0 amide bonds. The van der Waals surface area contributed by atoms with Crippen LogP contribution in [0.3, 0.4) is 0 Å². The molecule has 0 saturated carbocycles. The predicted octanol–water partition coefficient (Wildman–Crippen LogP) is 4.12. The molecule has 0 saturated heterocycles. The Morgan fingerprint density at radius 1 is 1.21 bits per heavy atom. The molecule has 104 valence electrons. The second kappa shape index (κ2) is 5.48. The standard InChI is InChI=1S/C14H19N2OS2/c1-13(2)9-11(14(3,4)16(13)17)10-18-19-12-5-7-15-8-6-12/h5-9H,10H2,1-4H3/q-1. The Bertz CT molecular complexity index is 472. The summed E-state index contributed by atoms with van der Waals surface area (Å²) in [7, 11) is 3.49. The number of hydroxylamine groups is 2. The fraction of sp³-hybridized carbons (Fsp3) is 0.500. The summed E-state index contributed by atoms with van der Waals surface area (Å²) in [5, 5.41) is 13.4. The lowest BCUT2D eigenvalue weighted by Crippen LogP contribution is -2.46. The van der Waals surface area contributed by atoms with Gasteiger partial charge in [0.2, 0.25) is 0 Å². The molecule has 1 aliphatic heterocycles. The lowest BCUT2D eigenvalue weighted by atomic mass is 9.98. The minimum atomic E-state index is -0.407. The molecule has 2 rings (SSSR count). The van der Waals surface area contributed by atoms with Gasteiger partial charge in [-0.05, 0) is 45.4 Å². The van der Waals surface area contributed by atoms with Gasteiger partial charge in [-0.3, -0.25) is 4.98 Å². The number of hydrogen-bond donors (Lipinski definition) is 0. The van der Waals surface area contributed by atoms with Gasteiger partial charge in [0.25, 0.3) is 0 Å². The second-order valence-electron chi connectivity index (χ2n) is 5.71. The van der Waals surface area contributed by atoms with E-state index in [4.69, 9.17) is 0 Å². The first-order valence-electron chi connectivity index (χ1n) is 6.23. The fourth-order valence-corrected chi connectivity index (χ4v) is 4.58. The summed E-state index contributed by atoms with van der Waals surface area (Å²) < 4.78 is 0. The molecular formula is C14H19N2OS2-. The molecule has 3 nitrogen and oxygen atoms in total. The van der Waals surface area contributed by atoms with E-state index in [1.807, 2.05) is 39.8 Å². The summed E-state index contributed by atoms with van der Waals surface area (Å²) in [5.74, 6) is 0.863. The van der Waals surface area contributed by atoms with Crippen molar-refractivity contribution in [3.63, 3.8) is 0 Å². The zero-order valence-electron chi connectivity index (χ0n) is 11.7. The predicted molar refractivity (Wildman–Crippen MR) is 84.0 cm³/mol. The second-order valence-corrected chi connectivity index (χ2v) is 8.07. The molecule has 0 atom stereocenters. The Balaban J connectivity index is 1.97. The van der Waals surface area contributed by atoms with E-state index in [1.54, 1.807) is 34.0 Å². The Kier molecular flexibility index (Phi) is 4.30. The van der Waals surface area contributed by atoms with E-state index in [0.717, 1.165) is 5.75 Å². The quantitative estimate of drug-likeness (QED) is 0.617. The normalized spacial score (nSPS) is 21.4. The minimum absolute atomic E-state index is 0.402. The molecule has 0 radical (unpaired) electrons. The molecule has 1 aromatic rings. The van der Waals surface area contributed by atoms with Crippen molar-refractivity contribution in [2.24, 2.45) is 0 Å². The third-order valence-electron chi connectivity index (χ3n) is 3.36. The first-order chi connectivity index (χ1) is 8.84. The summed E-state index contributed by atoms with van der Waals surface area (Å²) in [6.07, 6.45) is 5.70. The van der Waals surface area contributed by atoms with Crippen molar-refractivity contribution in [2.45, 2.75) is 43.7 Å². The summed E-state index contributed by atoms with van der Waals surface area (Å²) in [4.78, 5) is 5.19. The first kappa shape index (κ1) is 14.9. The van der Waals surface area contributed by atoms with Crippen LogP contribution in [-0.4, -0.2) is 26.9 Å². The molecule has 5 heteroatoms. The van der Waals surface area contributed by atoms with Crippen LogP contribution in [0.4, 0.5) is 0 Å². The average molecular weight is 295 g/mol. The van der Waals surface area contributed by atoms with Crippen LogP contribution in [0.15, 0.2) is 41.1 Å². The third kappa shape index (κ3) is 3.16. The molecule has 0 fully saturated rings. The van der Waals surface area contributed by atoms with E-state index >= 15 is 0 Å². The Morgan fingerprint density at radius 3 is 2.37 bits per heavy atom. The van der Waals surface area contributed by atoms with Crippen LogP contribution >= 0.6 is 21.6 Å². The van der Waals surface area contributed by atoms with Crippen LogP contribution in [0, 0.1) is 5.21 Å². The van der Waals surface area contributed by atoms with Crippen molar-refractivity contribution in [3.8, 4) is 0 Å². The zero-order valence-corrected chi connectivity index (χ0v) is 13.3. The topological polar surface area (TPSA) is 39.2 Å². The van der Waals surface area contributed by atoms with E-state index in [-0.39, 0.29) is 0 Å². The summed E-state index contributed by atoms with van der Waals surface area (Å²) in [5.41, 5.74) is 0.398. The van der Waals surface area contributed by atoms with Crippen LogP contribution in [-0.2, 0) is 0 Å². The van der Waals surface area contributed by atoms with E-state index in [0.29, 0.717) is 0 Å². The number of pyridine rings is 1. The van der Waals surface area contributed by atoms with Gasteiger partial charge in [-0.2, -0.15) is 0 Å². The van der Waals surface area contributed by atoms with Gasteiger partial charge in [-0.25, -0.2) is 0 Å². The molecule has 0 spiro atoms. The van der Waals surface area contributed by atoms with Gasteiger partial charge in [-0.15, -0.1) is 0 Å². The highest BCUT2D eigenvalue weighted by atomic mass is 33.1. The van der Waals surface area contributed by atoms with Gasteiger partial charge in [-0.1, -0.05) is 27.7 Å². The van der Waals surface area contributed by atoms with Crippen LogP contribution in [0.1, 0.15) is 27.7 Å². The van der Waals surface area contributed by atoms with Crippen molar-refractivity contribution < 1.29 is 0 Å². The van der Waals surface area contributed by atoms with Crippen LogP contribution in [0.2, 0.25) is 0 Å². The van der Waals surface area contributed by atoms with Gasteiger partial charge in [0, 0.05) is 34.1 Å². The summed E-state index contributed by atoms with van der Waals surface area (Å²) >= 11 is 0. The number of nitrogens with zero attached hydrogens (tertiary/aromatic N) is 2. The van der Waals surface area contributed by atoms with Gasteiger partial charge in [0.05, 0.1) is 0 Å². The minimum Gasteiger partial charge on any atom is -0.784 e. The summed E-state index contributed by atoms with van der Waals surface area (Å²) in [6.45, 7) is 7.93. The molecule has 2 heterocycles. The highest BCUT2D eigenvalue weighted by molar-refractivity contribution is 8.76. The molecule has 0 aliphatic carbocycles. The molecule has 0 bridgehead atoms. The molecule has 19 heavy (non-hydrogen) atoms. The van der Waals surface area contributed by atoms with Crippen LogP contribution in [0.25, 0.3) is 0 Å². The molecule has 1 aromatic heterocycles. The Labute approximate surface area is 122 Å². The smallest absolute Gasteiger partial charge is 0.0279 e. The lowest BCUT2D eigenvalue weighted by molar-refractivity contribution is 0.159. The Morgan fingerprint density at radius 2 is 1.84 bits per heavy atom.